The van der Waals surface area contributed by atoms with Gasteiger partial charge in [-0.3, -0.25) is 0 Å². The smallest absolute Gasteiger partial charge is 0.0716 e. The number of para-hydroxylation sites is 4. The van der Waals surface area contributed by atoms with Gasteiger partial charge in [-0.15, -0.1) is 0 Å². The van der Waals surface area contributed by atoms with E-state index in [-0.39, 0.29) is 5.41 Å². The van der Waals surface area contributed by atoms with Crippen molar-refractivity contribution in [1.29, 1.82) is 0 Å². The Morgan fingerprint density at radius 2 is 0.742 bits per heavy atom. The van der Waals surface area contributed by atoms with Crippen LogP contribution in [0.4, 0.5) is 34.1 Å². The predicted octanol–water partition coefficient (Wildman–Crippen LogP) is 17.1. The Kier molecular flexibility index (Phi) is 9.22. The summed E-state index contributed by atoms with van der Waals surface area (Å²) < 4.78 is 0. The Bertz CT molecular complexity index is 3220. The van der Waals surface area contributed by atoms with E-state index in [4.69, 9.17) is 0 Å². The first-order chi connectivity index (χ1) is 32.3. The Balaban J connectivity index is 1.14. The summed E-state index contributed by atoms with van der Waals surface area (Å²) in [6.45, 7) is 9.45. The van der Waals surface area contributed by atoms with E-state index in [9.17, 15) is 0 Å². The standard InChI is InChI=1S/C64H50N2/c1-43-29-38-54-56-39-40-57-60-55-28-18-17-27-53(55)44(2)42-59(60)63(3,4)61(57)62(56)64(58(54)41-43,45-30-34-51(35-31-45)65(47-19-9-5-10-20-47)48-21-11-6-12-22-48)46-32-36-52(37-33-46)66(49-23-13-7-14-24-49)50-25-15-8-16-26-50/h5-42H,1-4H3. The number of rotatable bonds is 8. The molecule has 10 aromatic rings. The van der Waals surface area contributed by atoms with Crippen molar-refractivity contribution in [3.8, 4) is 22.3 Å². The van der Waals surface area contributed by atoms with Crippen LogP contribution in [0.3, 0.4) is 0 Å². The van der Waals surface area contributed by atoms with Gasteiger partial charge in [0.2, 0.25) is 0 Å². The first kappa shape index (κ1) is 39.6. The SMILES string of the molecule is Cc1ccc2c(c1)C(c1ccc(N(c3ccccc3)c3ccccc3)cc1)(c1ccc(N(c3ccccc3)c3ccccc3)cc1)c1c-2ccc2c1C(C)(C)c1cc(C)c3ccccc3c1-2. The summed E-state index contributed by atoms with van der Waals surface area (Å²) in [5.41, 5.74) is 21.7. The second-order valence-corrected chi connectivity index (χ2v) is 18.6. The molecular formula is C64H50N2. The zero-order valence-corrected chi connectivity index (χ0v) is 37.8. The summed E-state index contributed by atoms with van der Waals surface area (Å²) in [4.78, 5) is 4.72. The lowest BCUT2D eigenvalue weighted by atomic mass is 9.63. The highest BCUT2D eigenvalue weighted by atomic mass is 15.1. The van der Waals surface area contributed by atoms with Crippen molar-refractivity contribution in [3.05, 3.63) is 275 Å². The molecule has 12 rings (SSSR count). The lowest BCUT2D eigenvalue weighted by molar-refractivity contribution is 0.633. The molecular weight excluding hydrogens is 797 g/mol. The fourth-order valence-electron chi connectivity index (χ4n) is 11.6. The van der Waals surface area contributed by atoms with E-state index in [0.29, 0.717) is 0 Å². The van der Waals surface area contributed by atoms with Crippen LogP contribution in [0.15, 0.2) is 231 Å². The summed E-state index contributed by atoms with van der Waals surface area (Å²) >= 11 is 0. The molecule has 66 heavy (non-hydrogen) atoms. The van der Waals surface area contributed by atoms with E-state index < -0.39 is 5.41 Å². The van der Waals surface area contributed by atoms with E-state index in [2.05, 4.69) is 268 Å². The van der Waals surface area contributed by atoms with Gasteiger partial charge in [-0.1, -0.05) is 177 Å². The third-order valence-electron chi connectivity index (χ3n) is 14.4. The topological polar surface area (TPSA) is 6.48 Å². The van der Waals surface area contributed by atoms with Crippen LogP contribution >= 0.6 is 0 Å². The van der Waals surface area contributed by atoms with Crippen LogP contribution in [0.1, 0.15) is 58.4 Å². The van der Waals surface area contributed by atoms with Gasteiger partial charge in [0.05, 0.1) is 5.41 Å². The van der Waals surface area contributed by atoms with Gasteiger partial charge in [0.15, 0.2) is 0 Å². The lowest BCUT2D eigenvalue weighted by Gasteiger charge is -2.38. The third-order valence-corrected chi connectivity index (χ3v) is 14.4. The van der Waals surface area contributed by atoms with Crippen LogP contribution in [-0.2, 0) is 10.8 Å². The summed E-state index contributed by atoms with van der Waals surface area (Å²) in [6, 6.07) is 85.4. The minimum Gasteiger partial charge on any atom is -0.311 e. The van der Waals surface area contributed by atoms with Crippen LogP contribution in [0.5, 0.6) is 0 Å². The van der Waals surface area contributed by atoms with E-state index in [0.717, 1.165) is 34.1 Å². The lowest BCUT2D eigenvalue weighted by Crippen LogP contribution is -2.32. The molecule has 10 aromatic carbocycles. The Hall–Kier alpha value is -7.94. The predicted molar refractivity (Wildman–Crippen MR) is 278 cm³/mol. The minimum absolute atomic E-state index is 0.290. The molecule has 0 heterocycles. The maximum Gasteiger partial charge on any atom is 0.0716 e. The van der Waals surface area contributed by atoms with Crippen LogP contribution < -0.4 is 9.80 Å². The van der Waals surface area contributed by atoms with Crippen molar-refractivity contribution in [2.24, 2.45) is 0 Å². The summed E-state index contributed by atoms with van der Waals surface area (Å²) in [5, 5.41) is 2.65. The molecule has 0 unspecified atom stereocenters. The maximum atomic E-state index is 2.48. The summed E-state index contributed by atoms with van der Waals surface area (Å²) in [7, 11) is 0. The molecule has 2 aliphatic rings. The third kappa shape index (κ3) is 5.95. The number of hydrogen-bond donors (Lipinski definition) is 0. The second-order valence-electron chi connectivity index (χ2n) is 18.6. The molecule has 0 atom stereocenters. The van der Waals surface area contributed by atoms with Crippen molar-refractivity contribution in [2.75, 3.05) is 9.80 Å². The number of hydrogen-bond acceptors (Lipinski definition) is 2. The van der Waals surface area contributed by atoms with E-state index in [1.165, 1.54) is 77.5 Å². The van der Waals surface area contributed by atoms with Gasteiger partial charge in [-0.2, -0.15) is 0 Å². The van der Waals surface area contributed by atoms with Gasteiger partial charge in [-0.05, 0) is 159 Å². The van der Waals surface area contributed by atoms with E-state index in [1.807, 2.05) is 0 Å². The number of fused-ring (bicyclic) bond motifs is 9. The summed E-state index contributed by atoms with van der Waals surface area (Å²) in [5.74, 6) is 0. The fourth-order valence-corrected chi connectivity index (χ4v) is 11.6. The Morgan fingerprint density at radius 3 is 1.23 bits per heavy atom. The van der Waals surface area contributed by atoms with Crippen LogP contribution in [0.25, 0.3) is 33.0 Å². The van der Waals surface area contributed by atoms with Crippen molar-refractivity contribution < 1.29 is 0 Å². The monoisotopic (exact) mass is 846 g/mol. The number of anilines is 6. The van der Waals surface area contributed by atoms with Crippen molar-refractivity contribution in [1.82, 2.24) is 0 Å². The molecule has 2 aliphatic carbocycles. The van der Waals surface area contributed by atoms with Gasteiger partial charge in [0.1, 0.15) is 0 Å². The van der Waals surface area contributed by atoms with Crippen LogP contribution in [-0.4, -0.2) is 0 Å². The van der Waals surface area contributed by atoms with Gasteiger partial charge in [0, 0.05) is 39.5 Å². The highest BCUT2D eigenvalue weighted by molar-refractivity contribution is 6.06. The van der Waals surface area contributed by atoms with Crippen LogP contribution in [0.2, 0.25) is 0 Å². The number of nitrogens with zero attached hydrogens (tertiary/aromatic N) is 2. The van der Waals surface area contributed by atoms with E-state index in [1.54, 1.807) is 0 Å². The number of benzene rings is 10. The van der Waals surface area contributed by atoms with E-state index >= 15 is 0 Å². The average Bonchev–Trinajstić information content (AvgIpc) is 3.78. The first-order valence-electron chi connectivity index (χ1n) is 23.2. The van der Waals surface area contributed by atoms with Crippen molar-refractivity contribution >= 4 is 44.9 Å². The normalized spacial score (nSPS) is 13.7. The van der Waals surface area contributed by atoms with Crippen LogP contribution in [0, 0.1) is 13.8 Å². The molecule has 0 spiro atoms. The second kappa shape index (κ2) is 15.4. The Morgan fingerprint density at radius 1 is 0.333 bits per heavy atom. The average molecular weight is 847 g/mol. The van der Waals surface area contributed by atoms with Gasteiger partial charge in [-0.25, -0.2) is 0 Å². The largest absolute Gasteiger partial charge is 0.311 e. The molecule has 2 nitrogen and oxygen atoms in total. The molecule has 0 aliphatic heterocycles. The zero-order chi connectivity index (χ0) is 44.6. The minimum atomic E-state index is -0.655. The van der Waals surface area contributed by atoms with Crippen molar-refractivity contribution in [3.63, 3.8) is 0 Å². The first-order valence-corrected chi connectivity index (χ1v) is 23.2. The molecule has 316 valence electrons. The molecule has 0 fully saturated rings. The molecule has 0 saturated heterocycles. The maximum absolute atomic E-state index is 2.48. The highest BCUT2D eigenvalue weighted by Gasteiger charge is 2.52. The molecule has 0 aromatic heterocycles. The van der Waals surface area contributed by atoms with Gasteiger partial charge in [0.25, 0.3) is 0 Å². The molecule has 2 heteroatoms. The molecule has 0 radical (unpaired) electrons. The molecule has 0 saturated carbocycles. The van der Waals surface area contributed by atoms with Crippen molar-refractivity contribution in [2.45, 2.75) is 38.5 Å². The quantitative estimate of drug-likeness (QED) is 0.150. The molecule has 0 N–H and O–H groups in total. The molecule has 0 bridgehead atoms. The van der Waals surface area contributed by atoms with Gasteiger partial charge < -0.3 is 9.80 Å². The number of aryl methyl sites for hydroxylation is 2. The molecule has 0 amide bonds. The Labute approximate surface area is 388 Å². The van der Waals surface area contributed by atoms with Gasteiger partial charge >= 0.3 is 0 Å². The zero-order valence-electron chi connectivity index (χ0n) is 37.8. The summed E-state index contributed by atoms with van der Waals surface area (Å²) in [6.07, 6.45) is 0. The highest BCUT2D eigenvalue weighted by Crippen LogP contribution is 2.64. The fraction of sp³-hybridized carbons (Fsp3) is 0.0938.